The van der Waals surface area contributed by atoms with E-state index in [-0.39, 0.29) is 36.4 Å². The van der Waals surface area contributed by atoms with Gasteiger partial charge in [-0.25, -0.2) is 4.79 Å². The molecule has 3 amide bonds. The fourth-order valence-electron chi connectivity index (χ4n) is 4.17. The first-order valence-corrected chi connectivity index (χ1v) is 11.0. The fraction of sp³-hybridized carbons (Fsp3) is 0.652. The lowest BCUT2D eigenvalue weighted by molar-refractivity contribution is -0.124. The van der Waals surface area contributed by atoms with E-state index in [9.17, 15) is 14.7 Å². The molecule has 7 nitrogen and oxygen atoms in total. The lowest BCUT2D eigenvalue weighted by Crippen LogP contribution is -2.47. The molecular formula is C23H37N3O4. The van der Waals surface area contributed by atoms with Crippen molar-refractivity contribution < 1.29 is 19.4 Å². The molecule has 0 bridgehead atoms. The lowest BCUT2D eigenvalue weighted by Gasteiger charge is -2.38. The molecule has 1 saturated heterocycles. The number of aliphatic hydroxyl groups excluding tert-OH is 1. The van der Waals surface area contributed by atoms with Crippen molar-refractivity contribution in [2.75, 3.05) is 32.1 Å². The first-order chi connectivity index (χ1) is 14.4. The van der Waals surface area contributed by atoms with Crippen LogP contribution in [0.25, 0.3) is 0 Å². The van der Waals surface area contributed by atoms with Gasteiger partial charge in [0, 0.05) is 31.3 Å². The minimum Gasteiger partial charge on any atom is -0.497 e. The second-order valence-corrected chi connectivity index (χ2v) is 8.61. The van der Waals surface area contributed by atoms with Crippen molar-refractivity contribution in [2.24, 2.45) is 17.8 Å². The molecule has 1 aliphatic heterocycles. The van der Waals surface area contributed by atoms with Crippen LogP contribution in [0.5, 0.6) is 5.75 Å². The van der Waals surface area contributed by atoms with E-state index in [0.717, 1.165) is 19.3 Å². The van der Waals surface area contributed by atoms with E-state index >= 15 is 0 Å². The predicted molar refractivity (Wildman–Crippen MR) is 119 cm³/mol. The molecule has 1 aromatic carbocycles. The van der Waals surface area contributed by atoms with Crippen LogP contribution in [0.2, 0.25) is 0 Å². The van der Waals surface area contributed by atoms with E-state index < -0.39 is 0 Å². The first kappa shape index (κ1) is 24.0. The zero-order valence-electron chi connectivity index (χ0n) is 18.7. The van der Waals surface area contributed by atoms with Crippen LogP contribution in [-0.2, 0) is 4.79 Å². The maximum Gasteiger partial charge on any atom is 0.321 e. The molecular weight excluding hydrogens is 382 g/mol. The minimum atomic E-state index is -0.189. The van der Waals surface area contributed by atoms with Crippen LogP contribution in [0.4, 0.5) is 10.5 Å². The molecule has 2 rings (SSSR count). The Morgan fingerprint density at radius 2 is 2.07 bits per heavy atom. The minimum absolute atomic E-state index is 0.00701. The summed E-state index contributed by atoms with van der Waals surface area (Å²) in [4.78, 5) is 27.1. The summed E-state index contributed by atoms with van der Waals surface area (Å²) >= 11 is 0. The fourth-order valence-corrected chi connectivity index (χ4v) is 4.17. The van der Waals surface area contributed by atoms with Crippen molar-refractivity contribution in [1.29, 1.82) is 0 Å². The van der Waals surface area contributed by atoms with Gasteiger partial charge in [-0.15, -0.1) is 0 Å². The van der Waals surface area contributed by atoms with Crippen molar-refractivity contribution in [3.63, 3.8) is 0 Å². The SMILES string of the molecule is CC[C@H]1CN(C(=O)Nc2cccc(OC)c2)CC[C@H]1CC(=O)N[C@@H](CO)CC(C)C. The highest BCUT2D eigenvalue weighted by atomic mass is 16.5. The number of carbonyl (C=O) groups excluding carboxylic acids is 2. The number of hydrogen-bond donors (Lipinski definition) is 3. The van der Waals surface area contributed by atoms with Gasteiger partial charge in [0.15, 0.2) is 0 Å². The second-order valence-electron chi connectivity index (χ2n) is 8.61. The standard InChI is InChI=1S/C23H37N3O4/c1-5-17-14-26(23(29)25-19-7-6-8-21(13-19)30-4)10-9-18(17)12-22(28)24-20(15-27)11-16(2)3/h6-8,13,16-18,20,27H,5,9-12,14-15H2,1-4H3,(H,24,28)(H,25,29)/t17-,18-,20+/m0/s1. The number of carbonyl (C=O) groups is 2. The summed E-state index contributed by atoms with van der Waals surface area (Å²) in [6, 6.07) is 6.99. The molecule has 1 fully saturated rings. The van der Waals surface area contributed by atoms with Gasteiger partial charge >= 0.3 is 6.03 Å². The van der Waals surface area contributed by atoms with Gasteiger partial charge in [-0.1, -0.05) is 33.3 Å². The number of nitrogens with zero attached hydrogens (tertiary/aromatic N) is 1. The molecule has 1 heterocycles. The Morgan fingerprint density at radius 3 is 2.70 bits per heavy atom. The molecule has 0 aliphatic carbocycles. The van der Waals surface area contributed by atoms with Crippen molar-refractivity contribution in [3.05, 3.63) is 24.3 Å². The molecule has 3 N–H and O–H groups in total. The third-order valence-corrected chi connectivity index (χ3v) is 5.81. The number of aliphatic hydroxyl groups is 1. The molecule has 30 heavy (non-hydrogen) atoms. The third-order valence-electron chi connectivity index (χ3n) is 5.81. The molecule has 0 spiro atoms. The molecule has 0 saturated carbocycles. The van der Waals surface area contributed by atoms with E-state index in [0.29, 0.717) is 36.9 Å². The number of amides is 3. The van der Waals surface area contributed by atoms with E-state index in [4.69, 9.17) is 4.74 Å². The molecule has 0 unspecified atom stereocenters. The number of urea groups is 1. The Balaban J connectivity index is 1.89. The quantitative estimate of drug-likeness (QED) is 0.571. The summed E-state index contributed by atoms with van der Waals surface area (Å²) < 4.78 is 5.21. The number of hydrogen-bond acceptors (Lipinski definition) is 4. The van der Waals surface area contributed by atoms with Crippen LogP contribution in [-0.4, -0.2) is 54.8 Å². The lowest BCUT2D eigenvalue weighted by atomic mass is 9.81. The van der Waals surface area contributed by atoms with E-state index in [1.807, 2.05) is 23.1 Å². The molecule has 7 heteroatoms. The van der Waals surface area contributed by atoms with Crippen LogP contribution in [0, 0.1) is 17.8 Å². The summed E-state index contributed by atoms with van der Waals surface area (Å²) in [7, 11) is 1.60. The molecule has 168 valence electrons. The summed E-state index contributed by atoms with van der Waals surface area (Å²) in [6.45, 7) is 7.49. The van der Waals surface area contributed by atoms with Crippen LogP contribution >= 0.6 is 0 Å². The highest BCUT2D eigenvalue weighted by Gasteiger charge is 2.32. The topological polar surface area (TPSA) is 90.9 Å². The van der Waals surface area contributed by atoms with Gasteiger partial charge in [-0.05, 0) is 42.7 Å². The second kappa shape index (κ2) is 11.8. The number of anilines is 1. The van der Waals surface area contributed by atoms with Crippen molar-refractivity contribution in [1.82, 2.24) is 10.2 Å². The van der Waals surface area contributed by atoms with Crippen LogP contribution < -0.4 is 15.4 Å². The van der Waals surface area contributed by atoms with Crippen molar-refractivity contribution >= 4 is 17.6 Å². The number of ether oxygens (including phenoxy) is 1. The summed E-state index contributed by atoms with van der Waals surface area (Å²) in [5, 5.41) is 15.4. The van der Waals surface area contributed by atoms with Crippen LogP contribution in [0.1, 0.15) is 46.5 Å². The van der Waals surface area contributed by atoms with Gasteiger partial charge in [0.05, 0.1) is 19.8 Å². The summed E-state index contributed by atoms with van der Waals surface area (Å²) in [5.74, 6) is 1.62. The number of nitrogens with one attached hydrogen (secondary N) is 2. The number of piperidine rings is 1. The van der Waals surface area contributed by atoms with E-state index in [1.54, 1.807) is 13.2 Å². The number of methoxy groups -OCH3 is 1. The van der Waals surface area contributed by atoms with Crippen LogP contribution in [0.3, 0.4) is 0 Å². The number of rotatable bonds is 9. The van der Waals surface area contributed by atoms with Crippen molar-refractivity contribution in [2.45, 2.75) is 52.5 Å². The number of benzene rings is 1. The van der Waals surface area contributed by atoms with E-state index in [1.165, 1.54) is 0 Å². The van der Waals surface area contributed by atoms with Gasteiger partial charge in [0.2, 0.25) is 5.91 Å². The van der Waals surface area contributed by atoms with Gasteiger partial charge in [0.25, 0.3) is 0 Å². The summed E-state index contributed by atoms with van der Waals surface area (Å²) in [5.41, 5.74) is 0.703. The number of likely N-dealkylation sites (tertiary alicyclic amines) is 1. The third kappa shape index (κ3) is 7.20. The maximum absolute atomic E-state index is 12.7. The normalized spacial score (nSPS) is 20.0. The summed E-state index contributed by atoms with van der Waals surface area (Å²) in [6.07, 6.45) is 2.92. The molecule has 1 aromatic rings. The van der Waals surface area contributed by atoms with Gasteiger partial charge < -0.3 is 25.4 Å². The maximum atomic E-state index is 12.7. The Labute approximate surface area is 180 Å². The zero-order valence-corrected chi connectivity index (χ0v) is 18.7. The monoisotopic (exact) mass is 419 g/mol. The Hall–Kier alpha value is -2.28. The van der Waals surface area contributed by atoms with Gasteiger partial charge in [0.1, 0.15) is 5.75 Å². The smallest absolute Gasteiger partial charge is 0.321 e. The molecule has 3 atom stereocenters. The van der Waals surface area contributed by atoms with Crippen LogP contribution in [0.15, 0.2) is 24.3 Å². The Kier molecular flexibility index (Phi) is 9.43. The average Bonchev–Trinajstić information content (AvgIpc) is 2.73. The average molecular weight is 420 g/mol. The zero-order chi connectivity index (χ0) is 22.1. The largest absolute Gasteiger partial charge is 0.497 e. The van der Waals surface area contributed by atoms with Crippen molar-refractivity contribution in [3.8, 4) is 5.75 Å². The first-order valence-electron chi connectivity index (χ1n) is 11.0. The Bertz CT molecular complexity index is 695. The molecule has 0 aromatic heterocycles. The molecule has 1 aliphatic rings. The highest BCUT2D eigenvalue weighted by Crippen LogP contribution is 2.29. The Morgan fingerprint density at radius 1 is 1.30 bits per heavy atom. The van der Waals surface area contributed by atoms with E-state index in [2.05, 4.69) is 31.4 Å². The van der Waals surface area contributed by atoms with Gasteiger partial charge in [-0.2, -0.15) is 0 Å². The highest BCUT2D eigenvalue weighted by molar-refractivity contribution is 5.89. The molecule has 0 radical (unpaired) electrons. The predicted octanol–water partition coefficient (Wildman–Crippen LogP) is 3.49. The van der Waals surface area contributed by atoms with Gasteiger partial charge in [-0.3, -0.25) is 4.79 Å².